The third-order valence-electron chi connectivity index (χ3n) is 1.42. The Morgan fingerprint density at radius 3 is 2.40 bits per heavy atom. The molecular formula is C5H9ClO4. The number of halogens is 1. The van der Waals surface area contributed by atoms with E-state index in [1.54, 1.807) is 0 Å². The highest BCUT2D eigenvalue weighted by Gasteiger charge is 2.36. The zero-order valence-corrected chi connectivity index (χ0v) is 5.90. The van der Waals surface area contributed by atoms with Crippen LogP contribution in [0.25, 0.3) is 0 Å². The largest absolute Gasteiger partial charge is 0.389 e. The summed E-state index contributed by atoms with van der Waals surface area (Å²) in [6.07, 6.45) is -3.38. The van der Waals surface area contributed by atoms with E-state index < -0.39 is 23.9 Å². The zero-order valence-electron chi connectivity index (χ0n) is 5.14. The van der Waals surface area contributed by atoms with Crippen molar-refractivity contribution in [3.05, 3.63) is 0 Å². The van der Waals surface area contributed by atoms with Crippen LogP contribution in [0.5, 0.6) is 0 Å². The molecule has 0 saturated carbocycles. The predicted octanol–water partition coefficient (Wildman–Crippen LogP) is -1.34. The SMILES string of the molecule is OC1COC(O)C(O)C1Cl. The van der Waals surface area contributed by atoms with Crippen LogP contribution in [-0.2, 0) is 4.74 Å². The van der Waals surface area contributed by atoms with Gasteiger partial charge in [-0.05, 0) is 0 Å². The molecule has 10 heavy (non-hydrogen) atoms. The molecule has 1 aliphatic rings. The average Bonchev–Trinajstić information content (AvgIpc) is 1.93. The molecule has 0 radical (unpaired) electrons. The lowest BCUT2D eigenvalue weighted by atomic mass is 10.1. The third kappa shape index (κ3) is 1.41. The smallest absolute Gasteiger partial charge is 0.182 e. The second-order valence-electron chi connectivity index (χ2n) is 2.23. The highest BCUT2D eigenvalue weighted by molar-refractivity contribution is 6.21. The summed E-state index contributed by atoms with van der Waals surface area (Å²) in [4.78, 5) is 0. The molecule has 1 heterocycles. The summed E-state index contributed by atoms with van der Waals surface area (Å²) in [7, 11) is 0. The maximum Gasteiger partial charge on any atom is 0.182 e. The summed E-state index contributed by atoms with van der Waals surface area (Å²) in [5, 5.41) is 25.8. The van der Waals surface area contributed by atoms with E-state index in [9.17, 15) is 0 Å². The molecule has 1 fully saturated rings. The van der Waals surface area contributed by atoms with Crippen LogP contribution in [0.15, 0.2) is 0 Å². The maximum absolute atomic E-state index is 8.95. The predicted molar refractivity (Wildman–Crippen MR) is 33.6 cm³/mol. The van der Waals surface area contributed by atoms with Crippen LogP contribution < -0.4 is 0 Å². The molecule has 4 unspecified atom stereocenters. The summed E-state index contributed by atoms with van der Waals surface area (Å²) in [5.41, 5.74) is 0. The topological polar surface area (TPSA) is 69.9 Å². The highest BCUT2D eigenvalue weighted by Crippen LogP contribution is 2.18. The third-order valence-corrected chi connectivity index (χ3v) is 1.97. The van der Waals surface area contributed by atoms with E-state index in [1.807, 2.05) is 0 Å². The summed E-state index contributed by atoms with van der Waals surface area (Å²) < 4.78 is 4.54. The molecule has 0 bridgehead atoms. The van der Waals surface area contributed by atoms with Crippen LogP contribution >= 0.6 is 11.6 Å². The second-order valence-corrected chi connectivity index (χ2v) is 2.73. The minimum Gasteiger partial charge on any atom is -0.389 e. The Bertz CT molecular complexity index is 106. The van der Waals surface area contributed by atoms with Gasteiger partial charge in [0, 0.05) is 0 Å². The first kappa shape index (κ1) is 8.23. The summed E-state index contributed by atoms with van der Waals surface area (Å²) in [6, 6.07) is 0. The van der Waals surface area contributed by atoms with Crippen LogP contribution in [0.2, 0.25) is 0 Å². The van der Waals surface area contributed by atoms with Crippen LogP contribution in [0, 0.1) is 0 Å². The van der Waals surface area contributed by atoms with E-state index in [4.69, 9.17) is 26.9 Å². The molecule has 4 nitrogen and oxygen atoms in total. The number of aliphatic hydroxyl groups excluding tert-OH is 3. The fourth-order valence-electron chi connectivity index (χ4n) is 0.773. The molecular weight excluding hydrogens is 160 g/mol. The monoisotopic (exact) mass is 168 g/mol. The minimum absolute atomic E-state index is 0.0353. The van der Waals surface area contributed by atoms with Crippen molar-refractivity contribution in [3.63, 3.8) is 0 Å². The maximum atomic E-state index is 8.95. The average molecular weight is 169 g/mol. The summed E-state index contributed by atoms with van der Waals surface area (Å²) in [6.45, 7) is -0.0353. The quantitative estimate of drug-likeness (QED) is 0.392. The van der Waals surface area contributed by atoms with Crippen molar-refractivity contribution in [3.8, 4) is 0 Å². The molecule has 4 atom stereocenters. The van der Waals surface area contributed by atoms with Crippen molar-refractivity contribution in [1.82, 2.24) is 0 Å². The Morgan fingerprint density at radius 1 is 1.30 bits per heavy atom. The van der Waals surface area contributed by atoms with Crippen molar-refractivity contribution in [2.45, 2.75) is 23.9 Å². The second kappa shape index (κ2) is 3.02. The van der Waals surface area contributed by atoms with Crippen molar-refractivity contribution < 1.29 is 20.1 Å². The fourth-order valence-corrected chi connectivity index (χ4v) is 0.970. The molecule has 0 spiro atoms. The Morgan fingerprint density at radius 2 is 1.90 bits per heavy atom. The first-order valence-electron chi connectivity index (χ1n) is 2.93. The van der Waals surface area contributed by atoms with E-state index in [0.29, 0.717) is 0 Å². The molecule has 1 rings (SSSR count). The number of alkyl halides is 1. The standard InChI is InChI=1S/C5H9ClO4/c6-3-2(7)1-10-5(9)4(3)8/h2-5,7-9H,1H2. The Hall–Kier alpha value is 0.130. The zero-order chi connectivity index (χ0) is 7.72. The van der Waals surface area contributed by atoms with Gasteiger partial charge in [0.2, 0.25) is 0 Å². The van der Waals surface area contributed by atoms with Crippen molar-refractivity contribution in [1.29, 1.82) is 0 Å². The summed E-state index contributed by atoms with van der Waals surface area (Å²) >= 11 is 5.47. The van der Waals surface area contributed by atoms with Crippen LogP contribution in [-0.4, -0.2) is 45.8 Å². The molecule has 1 saturated heterocycles. The normalized spacial score (nSPS) is 49.2. The van der Waals surface area contributed by atoms with Gasteiger partial charge in [0.1, 0.15) is 6.10 Å². The molecule has 1 aliphatic heterocycles. The molecule has 0 aromatic rings. The number of hydrogen-bond donors (Lipinski definition) is 3. The van der Waals surface area contributed by atoms with Gasteiger partial charge in [-0.3, -0.25) is 0 Å². The lowest BCUT2D eigenvalue weighted by Gasteiger charge is -2.31. The van der Waals surface area contributed by atoms with Gasteiger partial charge in [0.25, 0.3) is 0 Å². The molecule has 60 valence electrons. The van der Waals surface area contributed by atoms with Gasteiger partial charge in [-0.25, -0.2) is 0 Å². The van der Waals surface area contributed by atoms with Gasteiger partial charge in [-0.2, -0.15) is 0 Å². The van der Waals surface area contributed by atoms with Gasteiger partial charge in [0.05, 0.1) is 18.1 Å². The number of hydrogen-bond acceptors (Lipinski definition) is 4. The molecule has 5 heteroatoms. The lowest BCUT2D eigenvalue weighted by molar-refractivity contribution is -0.209. The van der Waals surface area contributed by atoms with Crippen LogP contribution in [0.3, 0.4) is 0 Å². The molecule has 0 aromatic heterocycles. The molecule has 0 aromatic carbocycles. The van der Waals surface area contributed by atoms with E-state index in [-0.39, 0.29) is 6.61 Å². The van der Waals surface area contributed by atoms with Gasteiger partial charge in [-0.1, -0.05) is 0 Å². The van der Waals surface area contributed by atoms with E-state index in [2.05, 4.69) is 4.74 Å². The van der Waals surface area contributed by atoms with E-state index in [0.717, 1.165) is 0 Å². The first-order chi connectivity index (χ1) is 4.63. The van der Waals surface area contributed by atoms with Crippen molar-refractivity contribution in [2.24, 2.45) is 0 Å². The number of rotatable bonds is 0. The first-order valence-corrected chi connectivity index (χ1v) is 3.36. The Kier molecular flexibility index (Phi) is 2.49. The van der Waals surface area contributed by atoms with E-state index in [1.165, 1.54) is 0 Å². The highest BCUT2D eigenvalue weighted by atomic mass is 35.5. The van der Waals surface area contributed by atoms with Crippen molar-refractivity contribution >= 4 is 11.6 Å². The Balaban J connectivity index is 2.52. The van der Waals surface area contributed by atoms with Crippen molar-refractivity contribution in [2.75, 3.05) is 6.61 Å². The Labute approximate surface area is 63.0 Å². The number of ether oxygens (including phenoxy) is 1. The fraction of sp³-hybridized carbons (Fsp3) is 1.00. The van der Waals surface area contributed by atoms with E-state index >= 15 is 0 Å². The molecule has 0 aliphatic carbocycles. The summed E-state index contributed by atoms with van der Waals surface area (Å²) in [5.74, 6) is 0. The molecule has 3 N–H and O–H groups in total. The van der Waals surface area contributed by atoms with Gasteiger partial charge >= 0.3 is 0 Å². The van der Waals surface area contributed by atoms with Crippen LogP contribution in [0.4, 0.5) is 0 Å². The van der Waals surface area contributed by atoms with Crippen LogP contribution in [0.1, 0.15) is 0 Å². The number of aliphatic hydroxyl groups is 3. The van der Waals surface area contributed by atoms with Gasteiger partial charge in [0.15, 0.2) is 6.29 Å². The van der Waals surface area contributed by atoms with Gasteiger partial charge < -0.3 is 20.1 Å². The molecule has 0 amide bonds. The minimum atomic E-state index is -1.27. The lowest BCUT2D eigenvalue weighted by Crippen LogP contribution is -2.50. The van der Waals surface area contributed by atoms with Gasteiger partial charge in [-0.15, -0.1) is 11.6 Å².